The minimum atomic E-state index is -4.59. The van der Waals surface area contributed by atoms with Crippen LogP contribution in [0.1, 0.15) is 55.3 Å². The van der Waals surface area contributed by atoms with Crippen LogP contribution >= 0.6 is 11.6 Å². The number of hydrogen-bond acceptors (Lipinski definition) is 5. The molecule has 4 heterocycles. The van der Waals surface area contributed by atoms with Crippen LogP contribution < -0.4 is 10.1 Å². The van der Waals surface area contributed by atoms with Crippen molar-refractivity contribution in [2.24, 2.45) is 0 Å². The van der Waals surface area contributed by atoms with Crippen molar-refractivity contribution in [3.05, 3.63) is 58.5 Å². The van der Waals surface area contributed by atoms with Crippen molar-refractivity contribution < 1.29 is 27.8 Å². The van der Waals surface area contributed by atoms with Gasteiger partial charge in [0.25, 0.3) is 0 Å². The van der Waals surface area contributed by atoms with E-state index >= 15 is 0 Å². The van der Waals surface area contributed by atoms with E-state index in [1.54, 1.807) is 19.2 Å². The average molecular weight is 549 g/mol. The van der Waals surface area contributed by atoms with Gasteiger partial charge in [-0.3, -0.25) is 9.69 Å². The van der Waals surface area contributed by atoms with Gasteiger partial charge in [0.05, 0.1) is 22.9 Å². The molecule has 0 atom stereocenters. The summed E-state index contributed by atoms with van der Waals surface area (Å²) in [5.74, 6) is 0.0353. The molecule has 1 saturated heterocycles. The zero-order valence-corrected chi connectivity index (χ0v) is 21.6. The molecule has 2 aromatic heterocycles. The van der Waals surface area contributed by atoms with E-state index in [1.165, 1.54) is 10.6 Å². The first kappa shape index (κ1) is 25.5. The molecule has 6 rings (SSSR count). The summed E-state index contributed by atoms with van der Waals surface area (Å²) in [5, 5.41) is 13.6. The van der Waals surface area contributed by atoms with Crippen molar-refractivity contribution in [3.8, 4) is 5.75 Å². The second-order valence-electron chi connectivity index (χ2n) is 11.0. The molecule has 1 amide bonds. The Kier molecular flexibility index (Phi) is 5.93. The number of ether oxygens (including phenoxy) is 1. The van der Waals surface area contributed by atoms with E-state index in [0.29, 0.717) is 56.0 Å². The van der Waals surface area contributed by atoms with Gasteiger partial charge in [-0.1, -0.05) is 11.6 Å². The van der Waals surface area contributed by atoms with Gasteiger partial charge < -0.3 is 19.6 Å². The molecule has 1 saturated carbocycles. The van der Waals surface area contributed by atoms with Gasteiger partial charge in [-0.15, -0.1) is 0 Å². The molecule has 1 aliphatic carbocycles. The number of amides is 1. The zero-order chi connectivity index (χ0) is 26.9. The van der Waals surface area contributed by atoms with Gasteiger partial charge in [0.2, 0.25) is 5.91 Å². The van der Waals surface area contributed by atoms with Crippen molar-refractivity contribution in [3.63, 3.8) is 0 Å². The Balaban J connectivity index is 1.12. The normalized spacial score (nSPS) is 24.9. The number of piperidine rings is 1. The first-order valence-corrected chi connectivity index (χ1v) is 13.1. The second kappa shape index (κ2) is 8.86. The number of aliphatic hydroxyl groups is 1. The molecule has 1 spiro atoms. The average Bonchev–Trinajstić information content (AvgIpc) is 3.37. The van der Waals surface area contributed by atoms with E-state index in [1.807, 2.05) is 12.1 Å². The quantitative estimate of drug-likeness (QED) is 0.469. The number of likely N-dealkylation sites (tertiary alicyclic amines) is 1. The summed E-state index contributed by atoms with van der Waals surface area (Å²) >= 11 is 6.19. The molecule has 11 heteroatoms. The Hall–Kier alpha value is -2.82. The topological polar surface area (TPSA) is 79.1 Å². The number of carbonyl (C=O) groups excluding carboxylic acids is 1. The second-order valence-corrected chi connectivity index (χ2v) is 11.4. The van der Waals surface area contributed by atoms with Gasteiger partial charge in [0, 0.05) is 29.4 Å². The Bertz CT molecular complexity index is 1400. The Labute approximate surface area is 222 Å². The number of rotatable bonds is 5. The number of nitrogens with one attached hydrogen (secondary N) is 1. The summed E-state index contributed by atoms with van der Waals surface area (Å²) in [6.45, 7) is 3.76. The lowest BCUT2D eigenvalue weighted by molar-refractivity contribution is -0.136. The summed E-state index contributed by atoms with van der Waals surface area (Å²) in [6.07, 6.45) is 0.726. The summed E-state index contributed by atoms with van der Waals surface area (Å²) in [5.41, 5.74) is -0.133. The van der Waals surface area contributed by atoms with Crippen molar-refractivity contribution in [2.45, 2.75) is 55.7 Å². The number of imidazole rings is 1. The van der Waals surface area contributed by atoms with Crippen molar-refractivity contribution >= 4 is 28.8 Å². The summed E-state index contributed by atoms with van der Waals surface area (Å²) < 4.78 is 48.7. The Morgan fingerprint density at radius 1 is 1.21 bits per heavy atom. The maximum atomic E-state index is 13.8. The van der Waals surface area contributed by atoms with Crippen LogP contribution in [0.15, 0.2) is 36.7 Å². The predicted octanol–water partition coefficient (Wildman–Crippen LogP) is 5.00. The molecule has 2 aliphatic heterocycles. The molecule has 3 aromatic rings. The lowest BCUT2D eigenvalue weighted by Crippen LogP contribution is -2.47. The Morgan fingerprint density at radius 2 is 1.95 bits per heavy atom. The first-order valence-electron chi connectivity index (χ1n) is 12.7. The van der Waals surface area contributed by atoms with Gasteiger partial charge in [-0.05, 0) is 75.5 Å². The fourth-order valence-electron chi connectivity index (χ4n) is 6.12. The summed E-state index contributed by atoms with van der Waals surface area (Å²) in [7, 11) is 0. The molecule has 202 valence electrons. The maximum Gasteiger partial charge on any atom is 0.420 e. The van der Waals surface area contributed by atoms with Crippen LogP contribution in [0.2, 0.25) is 5.02 Å². The fourth-order valence-corrected chi connectivity index (χ4v) is 6.29. The highest BCUT2D eigenvalue weighted by atomic mass is 35.5. The van der Waals surface area contributed by atoms with Crippen LogP contribution in [0, 0.1) is 0 Å². The van der Waals surface area contributed by atoms with Gasteiger partial charge in [-0.25, -0.2) is 4.98 Å². The first-order chi connectivity index (χ1) is 17.9. The summed E-state index contributed by atoms with van der Waals surface area (Å²) in [6, 6.07) is 6.44. The number of hydrogen-bond donors (Lipinski definition) is 2. The van der Waals surface area contributed by atoms with Gasteiger partial charge >= 0.3 is 6.18 Å². The molecule has 3 aliphatic rings. The van der Waals surface area contributed by atoms with E-state index < -0.39 is 22.8 Å². The van der Waals surface area contributed by atoms with E-state index in [-0.39, 0.29) is 29.8 Å². The van der Waals surface area contributed by atoms with Crippen LogP contribution in [0.4, 0.5) is 18.9 Å². The van der Waals surface area contributed by atoms with Gasteiger partial charge in [0.15, 0.2) is 0 Å². The standard InChI is InChI=1S/C27H28ClF3N4O3/c1-25(37)12-16(13-25)22-15-35-14-18(11-20(23(35)32-22)27(29,30)31)38-9-8-34-6-4-26(5-7-34)19-10-17(28)2-3-21(19)33-24(26)36/h2-3,10-11,14-16,37H,4-9,12-13H2,1H3,(H,33,36). The number of pyridine rings is 1. The fraction of sp³-hybridized carbons (Fsp3) is 0.481. The van der Waals surface area contributed by atoms with Crippen LogP contribution in [0.25, 0.3) is 5.65 Å². The van der Waals surface area contributed by atoms with Crippen LogP contribution in [0.5, 0.6) is 5.75 Å². The molecule has 38 heavy (non-hydrogen) atoms. The molecule has 0 bridgehead atoms. The van der Waals surface area contributed by atoms with Crippen LogP contribution in [0.3, 0.4) is 0 Å². The SMILES string of the molecule is CC1(O)CC(c2cn3cc(OCCN4CCC5(CC4)C(=O)Nc4ccc(Cl)cc45)cc(C(F)(F)F)c3n2)C1. The number of carbonyl (C=O) groups is 1. The van der Waals surface area contributed by atoms with E-state index in [9.17, 15) is 23.1 Å². The lowest BCUT2D eigenvalue weighted by atomic mass is 9.71. The Morgan fingerprint density at radius 3 is 2.63 bits per heavy atom. The minimum absolute atomic E-state index is 0.0103. The molecule has 7 nitrogen and oxygen atoms in total. The monoisotopic (exact) mass is 548 g/mol. The number of alkyl halides is 3. The van der Waals surface area contributed by atoms with E-state index in [0.717, 1.165) is 17.3 Å². The number of aromatic nitrogens is 2. The molecule has 0 radical (unpaired) electrons. The molecule has 2 N–H and O–H groups in total. The van der Waals surface area contributed by atoms with Crippen LogP contribution in [-0.4, -0.2) is 57.1 Å². The highest BCUT2D eigenvalue weighted by Crippen LogP contribution is 2.46. The number of anilines is 1. The number of fused-ring (bicyclic) bond motifs is 3. The van der Waals surface area contributed by atoms with Crippen molar-refractivity contribution in [1.29, 1.82) is 0 Å². The van der Waals surface area contributed by atoms with E-state index in [4.69, 9.17) is 16.3 Å². The minimum Gasteiger partial charge on any atom is -0.491 e. The number of benzene rings is 1. The smallest absolute Gasteiger partial charge is 0.420 e. The van der Waals surface area contributed by atoms with E-state index in [2.05, 4.69) is 15.2 Å². The molecule has 2 fully saturated rings. The predicted molar refractivity (Wildman–Crippen MR) is 136 cm³/mol. The highest BCUT2D eigenvalue weighted by Gasteiger charge is 2.48. The third-order valence-electron chi connectivity index (χ3n) is 8.21. The van der Waals surface area contributed by atoms with Crippen LogP contribution in [-0.2, 0) is 16.4 Å². The highest BCUT2D eigenvalue weighted by molar-refractivity contribution is 6.31. The third kappa shape index (κ3) is 4.42. The molecule has 0 unspecified atom stereocenters. The maximum absolute atomic E-state index is 13.8. The molecular weight excluding hydrogens is 521 g/mol. The third-order valence-corrected chi connectivity index (χ3v) is 8.44. The molecular formula is C27H28ClF3N4O3. The van der Waals surface area contributed by atoms with Gasteiger partial charge in [-0.2, -0.15) is 13.2 Å². The number of nitrogens with zero attached hydrogens (tertiary/aromatic N) is 3. The van der Waals surface area contributed by atoms with Crippen molar-refractivity contribution in [2.75, 3.05) is 31.6 Å². The largest absolute Gasteiger partial charge is 0.491 e. The number of halogens is 4. The zero-order valence-electron chi connectivity index (χ0n) is 20.8. The molecule has 1 aromatic carbocycles. The lowest BCUT2D eigenvalue weighted by Gasteiger charge is -2.39. The summed E-state index contributed by atoms with van der Waals surface area (Å²) in [4.78, 5) is 19.2. The van der Waals surface area contributed by atoms with Gasteiger partial charge in [0.1, 0.15) is 23.6 Å². The van der Waals surface area contributed by atoms with Crippen molar-refractivity contribution in [1.82, 2.24) is 14.3 Å².